The van der Waals surface area contributed by atoms with Gasteiger partial charge in [-0.1, -0.05) is 12.1 Å². The molecule has 0 atom stereocenters. The smallest absolute Gasteiger partial charge is 0.140 e. The van der Waals surface area contributed by atoms with Gasteiger partial charge in [-0.15, -0.1) is 0 Å². The molecular formula is C12H16BrFN2. The third-order valence-corrected chi connectivity index (χ3v) is 3.82. The highest BCUT2D eigenvalue weighted by Gasteiger charge is 2.14. The maximum atomic E-state index is 13.7. The van der Waals surface area contributed by atoms with Crippen LogP contribution in [0.4, 0.5) is 4.39 Å². The molecule has 0 saturated carbocycles. The molecule has 0 aliphatic carbocycles. The summed E-state index contributed by atoms with van der Waals surface area (Å²) in [5.74, 6) is -0.132. The number of hydrogen-bond donors (Lipinski definition) is 1. The van der Waals surface area contributed by atoms with Gasteiger partial charge in [-0.2, -0.15) is 0 Å². The van der Waals surface area contributed by atoms with E-state index in [1.54, 1.807) is 6.92 Å². The standard InChI is InChI=1S/C12H16BrFN2/c1-9-2-3-10(11(13)12(9)14)8-16-6-4-15-5-7-16/h2-3,15H,4-8H2,1H3. The molecule has 1 aliphatic heterocycles. The fraction of sp³-hybridized carbons (Fsp3) is 0.500. The monoisotopic (exact) mass is 286 g/mol. The largest absolute Gasteiger partial charge is 0.314 e. The number of nitrogens with one attached hydrogen (secondary N) is 1. The molecular weight excluding hydrogens is 271 g/mol. The van der Waals surface area contributed by atoms with Crippen molar-refractivity contribution in [3.05, 3.63) is 33.5 Å². The first-order chi connectivity index (χ1) is 7.68. The third kappa shape index (κ3) is 2.62. The van der Waals surface area contributed by atoms with Crippen LogP contribution in [0, 0.1) is 12.7 Å². The summed E-state index contributed by atoms with van der Waals surface area (Å²) in [6.07, 6.45) is 0. The third-order valence-electron chi connectivity index (χ3n) is 2.96. The van der Waals surface area contributed by atoms with Gasteiger partial charge < -0.3 is 5.32 Å². The lowest BCUT2D eigenvalue weighted by Crippen LogP contribution is -2.42. The molecule has 1 aromatic carbocycles. The Kier molecular flexibility index (Phi) is 3.95. The molecule has 2 rings (SSSR count). The van der Waals surface area contributed by atoms with Crippen molar-refractivity contribution in [2.24, 2.45) is 0 Å². The number of piperazine rings is 1. The van der Waals surface area contributed by atoms with E-state index in [-0.39, 0.29) is 5.82 Å². The predicted octanol–water partition coefficient (Wildman–Crippen LogP) is 2.30. The van der Waals surface area contributed by atoms with Gasteiger partial charge in [0.25, 0.3) is 0 Å². The summed E-state index contributed by atoms with van der Waals surface area (Å²) in [5.41, 5.74) is 1.72. The Bertz CT molecular complexity index is 376. The Morgan fingerprint density at radius 3 is 2.75 bits per heavy atom. The lowest BCUT2D eigenvalue weighted by molar-refractivity contribution is 0.232. The summed E-state index contributed by atoms with van der Waals surface area (Å²) in [7, 11) is 0. The average Bonchev–Trinajstić information content (AvgIpc) is 2.31. The Morgan fingerprint density at radius 2 is 2.06 bits per heavy atom. The van der Waals surface area contributed by atoms with Gasteiger partial charge in [0, 0.05) is 32.7 Å². The molecule has 1 saturated heterocycles. The van der Waals surface area contributed by atoms with E-state index in [1.807, 2.05) is 12.1 Å². The van der Waals surface area contributed by atoms with Crippen molar-refractivity contribution < 1.29 is 4.39 Å². The van der Waals surface area contributed by atoms with E-state index in [1.165, 1.54) is 0 Å². The molecule has 0 aromatic heterocycles. The van der Waals surface area contributed by atoms with E-state index in [9.17, 15) is 4.39 Å². The minimum Gasteiger partial charge on any atom is -0.314 e. The number of halogens is 2. The maximum absolute atomic E-state index is 13.7. The van der Waals surface area contributed by atoms with Gasteiger partial charge in [0.1, 0.15) is 5.82 Å². The maximum Gasteiger partial charge on any atom is 0.140 e. The summed E-state index contributed by atoms with van der Waals surface area (Å²) in [4.78, 5) is 2.34. The molecule has 2 nitrogen and oxygen atoms in total. The van der Waals surface area contributed by atoms with Crippen LogP contribution in [-0.4, -0.2) is 31.1 Å². The van der Waals surface area contributed by atoms with E-state index in [4.69, 9.17) is 0 Å². The molecule has 16 heavy (non-hydrogen) atoms. The highest BCUT2D eigenvalue weighted by molar-refractivity contribution is 9.10. The van der Waals surface area contributed by atoms with E-state index in [0.717, 1.165) is 38.3 Å². The van der Waals surface area contributed by atoms with Crippen molar-refractivity contribution in [1.29, 1.82) is 0 Å². The first-order valence-electron chi connectivity index (χ1n) is 5.55. The fourth-order valence-corrected chi connectivity index (χ4v) is 2.49. The second-order valence-corrected chi connectivity index (χ2v) is 4.99. The minimum atomic E-state index is -0.132. The van der Waals surface area contributed by atoms with Gasteiger partial charge >= 0.3 is 0 Å². The Hall–Kier alpha value is -0.450. The Balaban J connectivity index is 2.11. The van der Waals surface area contributed by atoms with Crippen molar-refractivity contribution >= 4 is 15.9 Å². The number of rotatable bonds is 2. The Morgan fingerprint density at radius 1 is 1.38 bits per heavy atom. The summed E-state index contributed by atoms with van der Waals surface area (Å²) in [6.45, 7) is 6.70. The molecule has 4 heteroatoms. The van der Waals surface area contributed by atoms with Gasteiger partial charge in [0.15, 0.2) is 0 Å². The van der Waals surface area contributed by atoms with Crippen molar-refractivity contribution in [2.45, 2.75) is 13.5 Å². The summed E-state index contributed by atoms with van der Waals surface area (Å²) in [5, 5.41) is 3.31. The average molecular weight is 287 g/mol. The quantitative estimate of drug-likeness (QED) is 0.898. The van der Waals surface area contributed by atoms with Crippen LogP contribution in [-0.2, 0) is 6.54 Å². The van der Waals surface area contributed by atoms with Gasteiger partial charge in [-0.3, -0.25) is 4.90 Å². The van der Waals surface area contributed by atoms with Crippen LogP contribution in [0.15, 0.2) is 16.6 Å². The van der Waals surface area contributed by atoms with Crippen molar-refractivity contribution in [3.8, 4) is 0 Å². The molecule has 0 unspecified atom stereocenters. The molecule has 0 amide bonds. The van der Waals surface area contributed by atoms with Crippen LogP contribution in [0.5, 0.6) is 0 Å². The van der Waals surface area contributed by atoms with Gasteiger partial charge in [-0.25, -0.2) is 4.39 Å². The molecule has 88 valence electrons. The van der Waals surface area contributed by atoms with Crippen molar-refractivity contribution in [1.82, 2.24) is 10.2 Å². The molecule has 1 fully saturated rings. The molecule has 1 N–H and O–H groups in total. The topological polar surface area (TPSA) is 15.3 Å². The summed E-state index contributed by atoms with van der Waals surface area (Å²) < 4.78 is 14.3. The van der Waals surface area contributed by atoms with Crippen LogP contribution in [0.1, 0.15) is 11.1 Å². The van der Waals surface area contributed by atoms with E-state index in [0.29, 0.717) is 10.0 Å². The van der Waals surface area contributed by atoms with E-state index >= 15 is 0 Å². The second-order valence-electron chi connectivity index (χ2n) is 4.20. The second kappa shape index (κ2) is 5.25. The first-order valence-corrected chi connectivity index (χ1v) is 6.34. The zero-order valence-corrected chi connectivity index (χ0v) is 11.0. The normalized spacial score (nSPS) is 17.7. The molecule has 0 radical (unpaired) electrons. The Labute approximate surface area is 104 Å². The summed E-state index contributed by atoms with van der Waals surface area (Å²) in [6, 6.07) is 3.85. The minimum absolute atomic E-state index is 0.132. The number of nitrogens with zero attached hydrogens (tertiary/aromatic N) is 1. The SMILES string of the molecule is Cc1ccc(CN2CCNCC2)c(Br)c1F. The number of benzene rings is 1. The number of aryl methyl sites for hydroxylation is 1. The zero-order valence-electron chi connectivity index (χ0n) is 9.39. The predicted molar refractivity (Wildman–Crippen MR) is 67.0 cm³/mol. The fourth-order valence-electron chi connectivity index (χ4n) is 1.92. The molecule has 1 aliphatic rings. The van der Waals surface area contributed by atoms with Crippen LogP contribution in [0.2, 0.25) is 0 Å². The highest BCUT2D eigenvalue weighted by Crippen LogP contribution is 2.24. The van der Waals surface area contributed by atoms with Crippen molar-refractivity contribution in [2.75, 3.05) is 26.2 Å². The molecule has 1 aromatic rings. The molecule has 0 bridgehead atoms. The van der Waals surface area contributed by atoms with Gasteiger partial charge in [-0.05, 0) is 34.0 Å². The highest BCUT2D eigenvalue weighted by atomic mass is 79.9. The van der Waals surface area contributed by atoms with Crippen LogP contribution in [0.3, 0.4) is 0 Å². The summed E-state index contributed by atoms with van der Waals surface area (Å²) >= 11 is 3.34. The number of hydrogen-bond acceptors (Lipinski definition) is 2. The van der Waals surface area contributed by atoms with Gasteiger partial charge in [0.2, 0.25) is 0 Å². The zero-order chi connectivity index (χ0) is 11.5. The van der Waals surface area contributed by atoms with E-state index in [2.05, 4.69) is 26.1 Å². The first kappa shape index (κ1) is 12.0. The molecule has 0 spiro atoms. The van der Waals surface area contributed by atoms with Crippen molar-refractivity contribution in [3.63, 3.8) is 0 Å². The van der Waals surface area contributed by atoms with Crippen LogP contribution >= 0.6 is 15.9 Å². The molecule has 1 heterocycles. The van der Waals surface area contributed by atoms with E-state index < -0.39 is 0 Å². The van der Waals surface area contributed by atoms with Crippen LogP contribution in [0.25, 0.3) is 0 Å². The van der Waals surface area contributed by atoms with Gasteiger partial charge in [0.05, 0.1) is 4.47 Å². The lowest BCUT2D eigenvalue weighted by atomic mass is 10.1. The lowest BCUT2D eigenvalue weighted by Gasteiger charge is -2.27. The van der Waals surface area contributed by atoms with Crippen LogP contribution < -0.4 is 5.32 Å².